The van der Waals surface area contributed by atoms with Gasteiger partial charge in [0, 0.05) is 16.7 Å². The van der Waals surface area contributed by atoms with Crippen LogP contribution in [0.4, 0.5) is 0 Å². The number of para-hydroxylation sites is 1. The Morgan fingerprint density at radius 1 is 0.474 bits per heavy atom. The highest BCUT2D eigenvalue weighted by atomic mass is 16.3. The van der Waals surface area contributed by atoms with Gasteiger partial charge in [0.2, 0.25) is 0 Å². The molecule has 0 bridgehead atoms. The van der Waals surface area contributed by atoms with Crippen LogP contribution >= 0.6 is 0 Å². The third-order valence-electron chi connectivity index (χ3n) is 7.19. The Morgan fingerprint density at radius 2 is 1.08 bits per heavy atom. The SMILES string of the molecule is [2H]/C(=C(/[2H])c1ccc2oc3ccccc3c2c1)c1ccc2ccc(C(c3ccccc3)c3ccccc3)cc2c1. The maximum absolute atomic E-state index is 8.94. The third-order valence-corrected chi connectivity index (χ3v) is 7.19. The number of hydrogen-bond donors (Lipinski definition) is 0. The lowest BCUT2D eigenvalue weighted by Crippen LogP contribution is -2.03. The molecular weight excluding hydrogens is 460 g/mol. The summed E-state index contributed by atoms with van der Waals surface area (Å²) in [4.78, 5) is 0. The van der Waals surface area contributed by atoms with Gasteiger partial charge in [-0.15, -0.1) is 0 Å². The molecule has 1 nitrogen and oxygen atoms in total. The largest absolute Gasteiger partial charge is 0.456 e. The Bertz CT molecular complexity index is 1980. The second-order valence-corrected chi connectivity index (χ2v) is 9.63. The summed E-state index contributed by atoms with van der Waals surface area (Å²) < 4.78 is 23.8. The van der Waals surface area contributed by atoms with E-state index in [1.807, 2.05) is 72.8 Å². The molecule has 1 heteroatoms. The normalized spacial score (nSPS) is 13.1. The molecule has 1 heterocycles. The molecule has 0 atom stereocenters. The van der Waals surface area contributed by atoms with Crippen molar-refractivity contribution in [3.05, 3.63) is 167 Å². The zero-order valence-electron chi connectivity index (χ0n) is 22.8. The molecule has 7 rings (SSSR count). The number of fused-ring (bicyclic) bond motifs is 4. The van der Waals surface area contributed by atoms with Gasteiger partial charge in [0.25, 0.3) is 0 Å². The fourth-order valence-corrected chi connectivity index (χ4v) is 5.34. The van der Waals surface area contributed by atoms with Gasteiger partial charge in [-0.25, -0.2) is 0 Å². The lowest BCUT2D eigenvalue weighted by atomic mass is 9.84. The van der Waals surface area contributed by atoms with Crippen LogP contribution in [0, 0.1) is 0 Å². The first-order valence-electron chi connectivity index (χ1n) is 13.9. The van der Waals surface area contributed by atoms with Crippen molar-refractivity contribution >= 4 is 44.8 Å². The van der Waals surface area contributed by atoms with E-state index in [0.29, 0.717) is 5.56 Å². The lowest BCUT2D eigenvalue weighted by molar-refractivity contribution is 0.669. The molecule has 0 aliphatic carbocycles. The second-order valence-electron chi connectivity index (χ2n) is 9.63. The molecule has 38 heavy (non-hydrogen) atoms. The summed E-state index contributed by atoms with van der Waals surface area (Å²) in [6.45, 7) is 0. The van der Waals surface area contributed by atoms with E-state index in [1.54, 1.807) is 0 Å². The third kappa shape index (κ3) is 4.19. The molecule has 0 radical (unpaired) electrons. The molecule has 6 aromatic carbocycles. The molecule has 0 spiro atoms. The highest BCUT2D eigenvalue weighted by Crippen LogP contribution is 2.34. The van der Waals surface area contributed by atoms with Gasteiger partial charge < -0.3 is 4.42 Å². The minimum absolute atomic E-state index is 0.102. The average molecular weight is 489 g/mol. The van der Waals surface area contributed by atoms with Crippen LogP contribution in [-0.2, 0) is 0 Å². The molecule has 0 aliphatic heterocycles. The lowest BCUT2D eigenvalue weighted by Gasteiger charge is -2.19. The molecule has 0 unspecified atom stereocenters. The Morgan fingerprint density at radius 3 is 1.84 bits per heavy atom. The number of benzene rings is 6. The average Bonchev–Trinajstić information content (AvgIpc) is 3.39. The summed E-state index contributed by atoms with van der Waals surface area (Å²) in [7, 11) is 0. The van der Waals surface area contributed by atoms with Gasteiger partial charge in [-0.1, -0.05) is 127 Å². The van der Waals surface area contributed by atoms with Crippen LogP contribution in [-0.4, -0.2) is 0 Å². The van der Waals surface area contributed by atoms with Gasteiger partial charge in [0.1, 0.15) is 11.2 Å². The minimum atomic E-state index is 0.102. The smallest absolute Gasteiger partial charge is 0.135 e. The van der Waals surface area contributed by atoms with E-state index in [4.69, 9.17) is 7.16 Å². The van der Waals surface area contributed by atoms with E-state index in [1.165, 1.54) is 16.7 Å². The fraction of sp³-hybridized carbons (Fsp3) is 0.0270. The van der Waals surface area contributed by atoms with Gasteiger partial charge in [-0.05, 0) is 62.9 Å². The fourth-order valence-electron chi connectivity index (χ4n) is 5.34. The van der Waals surface area contributed by atoms with E-state index in [9.17, 15) is 0 Å². The van der Waals surface area contributed by atoms with Gasteiger partial charge in [-0.2, -0.15) is 0 Å². The van der Waals surface area contributed by atoms with Gasteiger partial charge in [0.05, 0.1) is 2.74 Å². The van der Waals surface area contributed by atoms with Crippen molar-refractivity contribution in [3.63, 3.8) is 0 Å². The molecule has 0 saturated heterocycles. The maximum Gasteiger partial charge on any atom is 0.135 e. The van der Waals surface area contributed by atoms with Crippen LogP contribution in [0.25, 0.3) is 44.8 Å². The van der Waals surface area contributed by atoms with E-state index in [0.717, 1.165) is 38.3 Å². The number of hydrogen-bond acceptors (Lipinski definition) is 1. The highest BCUT2D eigenvalue weighted by Gasteiger charge is 2.16. The van der Waals surface area contributed by atoms with Crippen molar-refractivity contribution in [1.29, 1.82) is 0 Å². The highest BCUT2D eigenvalue weighted by molar-refractivity contribution is 6.05. The summed E-state index contributed by atoms with van der Waals surface area (Å²) in [6.07, 6.45) is 0. The van der Waals surface area contributed by atoms with Gasteiger partial charge >= 0.3 is 0 Å². The van der Waals surface area contributed by atoms with Gasteiger partial charge in [0.15, 0.2) is 0 Å². The minimum Gasteiger partial charge on any atom is -0.456 e. The molecule has 0 fully saturated rings. The Balaban J connectivity index is 1.31. The Labute approximate surface area is 225 Å². The molecule has 180 valence electrons. The summed E-state index contributed by atoms with van der Waals surface area (Å²) in [5.41, 5.74) is 6.71. The zero-order chi connectivity index (χ0) is 27.1. The van der Waals surface area contributed by atoms with Crippen molar-refractivity contribution in [3.8, 4) is 0 Å². The molecule has 0 saturated carbocycles. The quantitative estimate of drug-likeness (QED) is 0.173. The summed E-state index contributed by atoms with van der Waals surface area (Å²) in [5, 5.41) is 4.14. The van der Waals surface area contributed by atoms with Crippen molar-refractivity contribution < 1.29 is 7.16 Å². The van der Waals surface area contributed by atoms with Crippen LogP contribution < -0.4 is 0 Å². The van der Waals surface area contributed by atoms with Crippen molar-refractivity contribution in [2.24, 2.45) is 0 Å². The first-order valence-corrected chi connectivity index (χ1v) is 12.9. The summed E-state index contributed by atoms with van der Waals surface area (Å²) in [5.74, 6) is 0.102. The van der Waals surface area contributed by atoms with Crippen molar-refractivity contribution in [2.45, 2.75) is 5.92 Å². The first kappa shape index (κ1) is 20.2. The van der Waals surface area contributed by atoms with Crippen molar-refractivity contribution in [2.75, 3.05) is 0 Å². The van der Waals surface area contributed by atoms with Crippen molar-refractivity contribution in [1.82, 2.24) is 0 Å². The second kappa shape index (κ2) is 9.53. The molecule has 0 aliphatic rings. The predicted octanol–water partition coefficient (Wildman–Crippen LogP) is 10.1. The standard InChI is InChI=1S/C37H26O/c1-3-9-29(10-4-1)37(30-11-5-2-6-12-30)31-21-20-28-19-17-26(23-32(28)25-31)15-16-27-18-22-36-34(24-27)33-13-7-8-14-35(33)38-36/h1-25,37H/b16-15+/i15D,16D. The van der Waals surface area contributed by atoms with Crippen LogP contribution in [0.3, 0.4) is 0 Å². The van der Waals surface area contributed by atoms with E-state index < -0.39 is 0 Å². The zero-order valence-corrected chi connectivity index (χ0v) is 20.8. The molecule has 0 amide bonds. The van der Waals surface area contributed by atoms with E-state index in [2.05, 4.69) is 66.7 Å². The maximum atomic E-state index is 8.94. The van der Waals surface area contributed by atoms with E-state index >= 15 is 0 Å². The Kier molecular flexibility index (Phi) is 5.07. The molecule has 0 N–H and O–H groups in total. The molecule has 7 aromatic rings. The monoisotopic (exact) mass is 488 g/mol. The number of furan rings is 1. The predicted molar refractivity (Wildman–Crippen MR) is 160 cm³/mol. The van der Waals surface area contributed by atoms with E-state index in [-0.39, 0.29) is 18.0 Å². The Hall–Kier alpha value is -4.88. The van der Waals surface area contributed by atoms with Gasteiger partial charge in [-0.3, -0.25) is 0 Å². The topological polar surface area (TPSA) is 13.1 Å². The van der Waals surface area contributed by atoms with Crippen LogP contribution in [0.15, 0.2) is 144 Å². The number of rotatable bonds is 5. The first-order chi connectivity index (χ1) is 19.7. The summed E-state index contributed by atoms with van der Waals surface area (Å²) >= 11 is 0. The molecular formula is C37H26O. The molecule has 1 aromatic heterocycles. The van der Waals surface area contributed by atoms with Crippen LogP contribution in [0.1, 0.15) is 36.5 Å². The van der Waals surface area contributed by atoms with Crippen LogP contribution in [0.2, 0.25) is 0 Å². The van der Waals surface area contributed by atoms with Crippen LogP contribution in [0.5, 0.6) is 0 Å². The summed E-state index contributed by atoms with van der Waals surface area (Å²) in [6, 6.07) is 47.8.